The van der Waals surface area contributed by atoms with Gasteiger partial charge >= 0.3 is 0 Å². The van der Waals surface area contributed by atoms with Gasteiger partial charge in [-0.15, -0.1) is 0 Å². The number of nitrogens with zero attached hydrogens (tertiary/aromatic N) is 3. The fourth-order valence-corrected chi connectivity index (χ4v) is 5.45. The van der Waals surface area contributed by atoms with E-state index in [1.54, 1.807) is 24.9 Å². The van der Waals surface area contributed by atoms with Gasteiger partial charge in [0.1, 0.15) is 10.1 Å². The number of aliphatic imine (C=N–C) groups is 1. The number of rotatable bonds is 6. The topological polar surface area (TPSA) is 74.2 Å². The van der Waals surface area contributed by atoms with Crippen molar-refractivity contribution < 1.29 is 14.3 Å². The maximum Gasteiger partial charge on any atom is 0.257 e. The number of benzene rings is 2. The number of carbonyl (C=O) groups is 2. The quantitative estimate of drug-likeness (QED) is 0.697. The van der Waals surface area contributed by atoms with E-state index in [-0.39, 0.29) is 11.8 Å². The molecular formula is C23H26N4O3S2. The van der Waals surface area contributed by atoms with Gasteiger partial charge in [-0.3, -0.25) is 14.6 Å². The monoisotopic (exact) mass is 470 g/mol. The molecule has 0 radical (unpaired) electrons. The molecule has 2 aliphatic heterocycles. The summed E-state index contributed by atoms with van der Waals surface area (Å²) in [5, 5.41) is 2.94. The van der Waals surface area contributed by atoms with Crippen LogP contribution in [0.5, 0.6) is 5.75 Å². The predicted octanol–water partition coefficient (Wildman–Crippen LogP) is 3.43. The molecule has 2 aliphatic rings. The van der Waals surface area contributed by atoms with E-state index in [1.807, 2.05) is 47.4 Å². The van der Waals surface area contributed by atoms with E-state index in [9.17, 15) is 9.59 Å². The summed E-state index contributed by atoms with van der Waals surface area (Å²) in [5.41, 5.74) is 2.46. The molecule has 168 valence electrons. The second kappa shape index (κ2) is 10.8. The first-order chi connectivity index (χ1) is 15.6. The third-order valence-corrected chi connectivity index (χ3v) is 7.56. The van der Waals surface area contributed by atoms with Crippen LogP contribution in [-0.2, 0) is 4.79 Å². The molecule has 0 spiro atoms. The van der Waals surface area contributed by atoms with Crippen molar-refractivity contribution >= 4 is 51.1 Å². The number of methoxy groups -OCH3 is 1. The van der Waals surface area contributed by atoms with Crippen LogP contribution in [0.2, 0.25) is 0 Å². The van der Waals surface area contributed by atoms with Gasteiger partial charge in [-0.25, -0.2) is 0 Å². The van der Waals surface area contributed by atoms with Crippen molar-refractivity contribution in [1.82, 2.24) is 4.90 Å². The van der Waals surface area contributed by atoms with Crippen LogP contribution in [0.3, 0.4) is 0 Å². The molecule has 0 atom stereocenters. The summed E-state index contributed by atoms with van der Waals surface area (Å²) < 4.78 is 6.33. The van der Waals surface area contributed by atoms with Crippen LogP contribution in [-0.4, -0.2) is 72.4 Å². The van der Waals surface area contributed by atoms with E-state index < -0.39 is 0 Å². The summed E-state index contributed by atoms with van der Waals surface area (Å²) in [5.74, 6) is 1.96. The molecule has 1 saturated heterocycles. The minimum Gasteiger partial charge on any atom is -0.496 e. The number of para-hydroxylation sites is 1. The lowest BCUT2D eigenvalue weighted by Crippen LogP contribution is -2.48. The number of nitrogens with one attached hydrogen (secondary N) is 1. The fourth-order valence-electron chi connectivity index (χ4n) is 3.64. The van der Waals surface area contributed by atoms with Crippen LogP contribution in [0.4, 0.5) is 11.4 Å². The molecule has 0 bridgehead atoms. The van der Waals surface area contributed by atoms with Crippen LogP contribution in [0, 0.1) is 0 Å². The zero-order chi connectivity index (χ0) is 22.3. The van der Waals surface area contributed by atoms with Gasteiger partial charge < -0.3 is 19.9 Å². The molecule has 2 aromatic carbocycles. The highest BCUT2D eigenvalue weighted by molar-refractivity contribution is 8.39. The smallest absolute Gasteiger partial charge is 0.257 e. The second-order valence-electron chi connectivity index (χ2n) is 7.36. The number of anilines is 2. The number of piperazine rings is 1. The summed E-state index contributed by atoms with van der Waals surface area (Å²) in [6, 6.07) is 15.2. The van der Waals surface area contributed by atoms with Crippen molar-refractivity contribution in [2.75, 3.05) is 61.6 Å². The highest BCUT2D eigenvalue weighted by Crippen LogP contribution is 2.24. The average Bonchev–Trinajstić information content (AvgIpc) is 3.37. The third kappa shape index (κ3) is 5.58. The van der Waals surface area contributed by atoms with Crippen molar-refractivity contribution in [2.45, 2.75) is 0 Å². The molecule has 7 nitrogen and oxygen atoms in total. The highest BCUT2D eigenvalue weighted by atomic mass is 32.2. The molecule has 1 fully saturated rings. The minimum atomic E-state index is -0.0265. The molecule has 2 amide bonds. The Morgan fingerprint density at radius 3 is 2.53 bits per heavy atom. The Balaban J connectivity index is 1.27. The molecule has 32 heavy (non-hydrogen) atoms. The summed E-state index contributed by atoms with van der Waals surface area (Å²) in [7, 11) is 1.58. The van der Waals surface area contributed by atoms with Crippen LogP contribution in [0.15, 0.2) is 53.5 Å². The second-order valence-corrected chi connectivity index (χ2v) is 9.67. The summed E-state index contributed by atoms with van der Waals surface area (Å²) in [6.07, 6.45) is 0. The van der Waals surface area contributed by atoms with Crippen molar-refractivity contribution in [3.8, 4) is 5.75 Å². The summed E-state index contributed by atoms with van der Waals surface area (Å²) in [4.78, 5) is 33.5. The van der Waals surface area contributed by atoms with E-state index in [2.05, 4.69) is 15.2 Å². The number of hydrogen-bond acceptors (Lipinski definition) is 7. The number of thioether (sulfide) groups is 2. The average molecular weight is 471 g/mol. The van der Waals surface area contributed by atoms with E-state index in [0.29, 0.717) is 30.2 Å². The summed E-state index contributed by atoms with van der Waals surface area (Å²) in [6.45, 7) is 3.65. The highest BCUT2D eigenvalue weighted by Gasteiger charge is 2.24. The first kappa shape index (κ1) is 22.5. The molecule has 4 rings (SSSR count). The number of amides is 2. The zero-order valence-electron chi connectivity index (χ0n) is 18.0. The standard InChI is InChI=1S/C23H26N4O3S2/c1-30-20-5-3-2-4-19(20)22(29)27-13-11-26(12-14-27)18-8-6-17(7-9-18)25-21(28)16-32-23-24-10-15-31-23/h2-9H,10-16H2,1H3,(H,25,28). The van der Waals surface area contributed by atoms with Gasteiger partial charge in [0.25, 0.3) is 5.91 Å². The largest absolute Gasteiger partial charge is 0.496 e. The van der Waals surface area contributed by atoms with E-state index in [0.717, 1.165) is 41.1 Å². The van der Waals surface area contributed by atoms with Gasteiger partial charge in [0, 0.05) is 43.3 Å². The maximum absolute atomic E-state index is 12.9. The molecule has 0 aliphatic carbocycles. The summed E-state index contributed by atoms with van der Waals surface area (Å²) >= 11 is 3.20. The van der Waals surface area contributed by atoms with Crippen molar-refractivity contribution in [1.29, 1.82) is 0 Å². The Labute approximate surface area is 196 Å². The normalized spacial score (nSPS) is 16.0. The lowest BCUT2D eigenvalue weighted by atomic mass is 10.1. The first-order valence-corrected chi connectivity index (χ1v) is 12.5. The lowest BCUT2D eigenvalue weighted by Gasteiger charge is -2.36. The van der Waals surface area contributed by atoms with E-state index in [4.69, 9.17) is 4.74 Å². The first-order valence-electron chi connectivity index (χ1n) is 10.5. The lowest BCUT2D eigenvalue weighted by molar-refractivity contribution is -0.113. The van der Waals surface area contributed by atoms with Crippen molar-refractivity contribution in [2.24, 2.45) is 4.99 Å². The molecule has 2 aromatic rings. The Kier molecular flexibility index (Phi) is 7.59. The van der Waals surface area contributed by atoms with Crippen molar-refractivity contribution in [3.63, 3.8) is 0 Å². The molecule has 0 saturated carbocycles. The molecule has 2 heterocycles. The Bertz CT molecular complexity index is 989. The van der Waals surface area contributed by atoms with Crippen LogP contribution in [0.1, 0.15) is 10.4 Å². The molecular weight excluding hydrogens is 444 g/mol. The van der Waals surface area contributed by atoms with E-state index >= 15 is 0 Å². The molecule has 1 N–H and O–H groups in total. The van der Waals surface area contributed by atoms with Gasteiger partial charge in [0.05, 0.1) is 25.0 Å². The van der Waals surface area contributed by atoms with Crippen LogP contribution >= 0.6 is 23.5 Å². The number of carbonyl (C=O) groups excluding carboxylic acids is 2. The van der Waals surface area contributed by atoms with Crippen LogP contribution in [0.25, 0.3) is 0 Å². The van der Waals surface area contributed by atoms with Gasteiger partial charge in [0.2, 0.25) is 5.91 Å². The predicted molar refractivity (Wildman–Crippen MR) is 133 cm³/mol. The van der Waals surface area contributed by atoms with Gasteiger partial charge in [-0.1, -0.05) is 35.7 Å². The van der Waals surface area contributed by atoms with Gasteiger partial charge in [0.15, 0.2) is 0 Å². The molecule has 0 unspecified atom stereocenters. The minimum absolute atomic E-state index is 0.00000252. The Hall–Kier alpha value is -2.65. The van der Waals surface area contributed by atoms with Gasteiger partial charge in [-0.2, -0.15) is 0 Å². The number of ether oxygens (including phenoxy) is 1. The SMILES string of the molecule is COc1ccccc1C(=O)N1CCN(c2ccc(NC(=O)CSC3=NCCS3)cc2)CC1. The Morgan fingerprint density at radius 2 is 1.84 bits per heavy atom. The van der Waals surface area contributed by atoms with Crippen molar-refractivity contribution in [3.05, 3.63) is 54.1 Å². The van der Waals surface area contributed by atoms with Crippen LogP contribution < -0.4 is 15.0 Å². The third-order valence-electron chi connectivity index (χ3n) is 5.30. The zero-order valence-corrected chi connectivity index (χ0v) is 19.6. The molecule has 0 aromatic heterocycles. The Morgan fingerprint density at radius 1 is 1.09 bits per heavy atom. The maximum atomic E-state index is 12.9. The van der Waals surface area contributed by atoms with E-state index in [1.165, 1.54) is 11.8 Å². The number of hydrogen-bond donors (Lipinski definition) is 1. The van der Waals surface area contributed by atoms with Gasteiger partial charge in [-0.05, 0) is 36.4 Å². The fraction of sp³-hybridized carbons (Fsp3) is 0.348. The molecule has 9 heteroatoms.